The molecule has 4 aromatic carbocycles. The minimum atomic E-state index is -5.10. The Hall–Kier alpha value is -3.24. The van der Waals surface area contributed by atoms with Crippen LogP contribution in [0.1, 0.15) is 20.7 Å². The van der Waals surface area contributed by atoms with Crippen molar-refractivity contribution in [2.24, 2.45) is 20.5 Å². The molecule has 4 aromatic rings. The molecule has 0 spiro atoms. The molecule has 0 aromatic heterocycles. The summed E-state index contributed by atoms with van der Waals surface area (Å²) in [5, 5.41) is 67.0. The quantitative estimate of drug-likeness (QED) is 0.0374. The number of benzene rings is 4. The third-order valence-corrected chi connectivity index (χ3v) is 7.14. The van der Waals surface area contributed by atoms with Crippen molar-refractivity contribution in [3.8, 4) is 22.6 Å². The number of aromatic hydroxyl groups is 2. The number of phenols is 2. The van der Waals surface area contributed by atoms with Gasteiger partial charge >= 0.3 is 71.1 Å². The molecule has 0 bridgehead atoms. The molecule has 0 unspecified atom stereocenters. The van der Waals surface area contributed by atoms with Crippen LogP contribution in [0.15, 0.2) is 103 Å². The first-order valence-corrected chi connectivity index (χ1v) is 13.9. The summed E-state index contributed by atoms with van der Waals surface area (Å²) in [5.74, 6) is -3.82. The molecular formula is C26H16N4Na2O12S2. The van der Waals surface area contributed by atoms with E-state index in [2.05, 4.69) is 29.8 Å². The van der Waals surface area contributed by atoms with E-state index in [4.69, 9.17) is 10.2 Å². The molecule has 0 atom stereocenters. The Morgan fingerprint density at radius 1 is 0.696 bits per heavy atom. The number of azo groups is 2. The Morgan fingerprint density at radius 2 is 1.17 bits per heavy atom. The zero-order valence-corrected chi connectivity index (χ0v) is 29.2. The SMILES string of the molecule is O=C(O)c1cc(N=Nc2ccc(-c3ccc(N=Nc4ccc(O)c(C(=O)O)c4)c(S(=O)(=O)[O-])c3)cc2SOO[O-])ccc1O.[Na+].[Na+]. The van der Waals surface area contributed by atoms with E-state index < -0.39 is 49.6 Å². The molecular weight excluding hydrogens is 670 g/mol. The van der Waals surface area contributed by atoms with Crippen LogP contribution >= 0.6 is 12.0 Å². The molecule has 4 rings (SSSR count). The predicted octanol–water partition coefficient (Wildman–Crippen LogP) is -0.865. The van der Waals surface area contributed by atoms with Crippen LogP contribution in [0.3, 0.4) is 0 Å². The van der Waals surface area contributed by atoms with Crippen molar-refractivity contribution in [2.45, 2.75) is 9.79 Å². The fraction of sp³-hybridized carbons (Fsp3) is 0. The minimum Gasteiger partial charge on any atom is -0.744 e. The van der Waals surface area contributed by atoms with Gasteiger partial charge in [0.25, 0.3) is 0 Å². The largest absolute Gasteiger partial charge is 1.00 e. The standard InChI is InChI=1S/C26H18N4O12S2.2Na/c31-21-7-3-15(11-17(21)25(33)34)27-29-19-5-1-13(9-23(19)43-42-41-37)14-2-6-20(24(10-14)44(38,39)40)30-28-16-4-8-22(32)18(12-16)26(35)36;;/h1-12,31-32,37H,(H,33,34)(H,35,36)(H,38,39,40);;/q;2*+1/p-2. The zero-order chi connectivity index (χ0) is 32.0. The van der Waals surface area contributed by atoms with E-state index in [1.165, 1.54) is 42.5 Å². The van der Waals surface area contributed by atoms with Gasteiger partial charge in [-0.25, -0.2) is 18.0 Å². The third-order valence-electron chi connectivity index (χ3n) is 5.64. The van der Waals surface area contributed by atoms with Crippen LogP contribution in [-0.4, -0.2) is 45.3 Å². The smallest absolute Gasteiger partial charge is 0.744 e. The van der Waals surface area contributed by atoms with Gasteiger partial charge in [-0.05, 0) is 71.8 Å². The normalized spacial score (nSPS) is 11.3. The van der Waals surface area contributed by atoms with E-state index in [1.807, 2.05) is 0 Å². The Morgan fingerprint density at radius 3 is 1.65 bits per heavy atom. The zero-order valence-electron chi connectivity index (χ0n) is 23.6. The number of carboxylic acid groups (broad SMARTS) is 2. The van der Waals surface area contributed by atoms with E-state index in [9.17, 15) is 38.0 Å². The van der Waals surface area contributed by atoms with Crippen molar-refractivity contribution >= 4 is 56.8 Å². The molecule has 0 heterocycles. The van der Waals surface area contributed by atoms with Gasteiger partial charge in [-0.1, -0.05) is 12.1 Å². The van der Waals surface area contributed by atoms with Crippen LogP contribution in [0.5, 0.6) is 11.5 Å². The second-order valence-corrected chi connectivity index (χ2v) is 10.5. The van der Waals surface area contributed by atoms with Crippen LogP contribution in [-0.2, 0) is 19.5 Å². The molecule has 0 aliphatic rings. The maximum atomic E-state index is 12.1. The first-order chi connectivity index (χ1) is 20.9. The van der Waals surface area contributed by atoms with Crippen molar-refractivity contribution in [1.82, 2.24) is 0 Å². The summed E-state index contributed by atoms with van der Waals surface area (Å²) < 4.78 is 40.6. The summed E-state index contributed by atoms with van der Waals surface area (Å²) in [6, 6.07) is 14.7. The first kappa shape index (κ1) is 38.9. The van der Waals surface area contributed by atoms with Crippen molar-refractivity contribution in [3.05, 3.63) is 83.9 Å². The fourth-order valence-corrected chi connectivity index (χ4v) is 4.72. The van der Waals surface area contributed by atoms with E-state index in [0.717, 1.165) is 30.3 Å². The van der Waals surface area contributed by atoms with Gasteiger partial charge < -0.3 is 30.2 Å². The van der Waals surface area contributed by atoms with E-state index >= 15 is 0 Å². The van der Waals surface area contributed by atoms with Crippen molar-refractivity contribution in [2.75, 3.05) is 0 Å². The van der Waals surface area contributed by atoms with Crippen LogP contribution < -0.4 is 64.4 Å². The molecule has 46 heavy (non-hydrogen) atoms. The number of carbonyl (C=O) groups is 2. The summed E-state index contributed by atoms with van der Waals surface area (Å²) in [7, 11) is -5.10. The fourth-order valence-electron chi connectivity index (χ4n) is 3.61. The molecule has 0 fully saturated rings. The Kier molecular flexibility index (Phi) is 14.4. The topological polar surface area (TPSA) is 263 Å². The molecule has 0 radical (unpaired) electrons. The molecule has 0 amide bonds. The van der Waals surface area contributed by atoms with Gasteiger partial charge in [0, 0.05) is 0 Å². The maximum Gasteiger partial charge on any atom is 1.00 e. The summed E-state index contributed by atoms with van der Waals surface area (Å²) in [5.41, 5.74) is -0.575. The monoisotopic (exact) mass is 686 g/mol. The van der Waals surface area contributed by atoms with Crippen molar-refractivity contribution in [1.29, 1.82) is 0 Å². The van der Waals surface area contributed by atoms with Gasteiger partial charge in [-0.3, -0.25) is 5.04 Å². The van der Waals surface area contributed by atoms with Crippen LogP contribution in [0.2, 0.25) is 0 Å². The Bertz CT molecular complexity index is 1940. The maximum absolute atomic E-state index is 12.1. The Labute approximate surface area is 307 Å². The number of rotatable bonds is 11. The molecule has 0 saturated heterocycles. The van der Waals surface area contributed by atoms with E-state index in [-0.39, 0.29) is 92.3 Å². The number of nitrogens with zero attached hydrogens (tertiary/aromatic N) is 4. The molecule has 226 valence electrons. The molecule has 20 heteroatoms. The average Bonchev–Trinajstić information content (AvgIpc) is 2.98. The minimum absolute atomic E-state index is 0. The summed E-state index contributed by atoms with van der Waals surface area (Å²) in [6.45, 7) is 0. The summed E-state index contributed by atoms with van der Waals surface area (Å²) >= 11 is 0.429. The van der Waals surface area contributed by atoms with Crippen molar-refractivity contribution in [3.63, 3.8) is 0 Å². The Balaban J connectivity index is 0.00000368. The molecule has 0 saturated carbocycles. The molecule has 16 nitrogen and oxygen atoms in total. The molecule has 4 N–H and O–H groups in total. The number of hydrogen-bond acceptors (Lipinski definition) is 15. The van der Waals surface area contributed by atoms with Gasteiger partial charge in [0.05, 0.1) is 33.2 Å². The van der Waals surface area contributed by atoms with Gasteiger partial charge in [-0.15, -0.1) is 10.2 Å². The van der Waals surface area contributed by atoms with Gasteiger partial charge in [0.2, 0.25) is 0 Å². The number of aromatic carboxylic acids is 2. The molecule has 0 aliphatic carbocycles. The second kappa shape index (κ2) is 17.1. The number of hydrogen-bond donors (Lipinski definition) is 4. The van der Waals surface area contributed by atoms with Crippen LogP contribution in [0.25, 0.3) is 11.1 Å². The van der Waals surface area contributed by atoms with Crippen LogP contribution in [0, 0.1) is 0 Å². The van der Waals surface area contributed by atoms with E-state index in [1.54, 1.807) is 0 Å². The summed E-state index contributed by atoms with van der Waals surface area (Å²) in [6.07, 6.45) is 0. The number of carboxylic acids is 2. The van der Waals surface area contributed by atoms with E-state index in [0.29, 0.717) is 17.6 Å². The first-order valence-electron chi connectivity index (χ1n) is 11.7. The van der Waals surface area contributed by atoms with Gasteiger partial charge in [0.1, 0.15) is 44.1 Å². The average molecular weight is 687 g/mol. The molecule has 0 aliphatic heterocycles. The third kappa shape index (κ3) is 9.88. The second-order valence-electron chi connectivity index (χ2n) is 8.45. The van der Waals surface area contributed by atoms with Crippen molar-refractivity contribution < 1.29 is 117 Å². The van der Waals surface area contributed by atoms with Crippen LogP contribution in [0.4, 0.5) is 22.7 Å². The summed E-state index contributed by atoms with van der Waals surface area (Å²) in [4.78, 5) is 21.9. The predicted molar refractivity (Wildman–Crippen MR) is 146 cm³/mol. The van der Waals surface area contributed by atoms with Gasteiger partial charge in [-0.2, -0.15) is 14.6 Å². The van der Waals surface area contributed by atoms with Gasteiger partial charge in [0.15, 0.2) is 0 Å².